The van der Waals surface area contributed by atoms with Gasteiger partial charge >= 0.3 is 0 Å². The Hall–Kier alpha value is -3.32. The molecule has 2 saturated heterocycles. The first-order chi connectivity index (χ1) is 15.3. The molecule has 2 fully saturated rings. The molecule has 3 aromatic rings. The first-order valence-corrected chi connectivity index (χ1v) is 10.8. The van der Waals surface area contributed by atoms with Crippen molar-refractivity contribution in [2.24, 2.45) is 0 Å². The summed E-state index contributed by atoms with van der Waals surface area (Å²) in [5.74, 6) is 1.69. The number of aromatic nitrogens is 3. The number of benzene rings is 1. The molecule has 1 N–H and O–H groups in total. The third-order valence-corrected chi connectivity index (χ3v) is 5.82. The predicted octanol–water partition coefficient (Wildman–Crippen LogP) is 3.78. The Morgan fingerprint density at radius 3 is 2.77 bits per heavy atom. The molecule has 5 rings (SSSR count). The molecule has 0 bridgehead atoms. The number of para-hydroxylation sites is 1. The molecule has 2 aliphatic rings. The Morgan fingerprint density at radius 1 is 1.10 bits per heavy atom. The maximum Gasteiger partial charge on any atom is 0.251 e. The van der Waals surface area contributed by atoms with E-state index in [0.717, 1.165) is 47.8 Å². The number of amides is 1. The van der Waals surface area contributed by atoms with Gasteiger partial charge in [0.15, 0.2) is 0 Å². The Kier molecular flexibility index (Phi) is 5.58. The number of nitrogens with zero attached hydrogens (tertiary/aromatic N) is 4. The van der Waals surface area contributed by atoms with Crippen molar-refractivity contribution in [3.63, 3.8) is 0 Å². The Balaban J connectivity index is 1.42. The lowest BCUT2D eigenvalue weighted by Gasteiger charge is -2.20. The van der Waals surface area contributed by atoms with Crippen molar-refractivity contribution in [2.75, 3.05) is 25.0 Å². The maximum atomic E-state index is 12.8. The summed E-state index contributed by atoms with van der Waals surface area (Å²) in [5, 5.41) is 3.38. The molecular formula is C24H25N5O2. The van der Waals surface area contributed by atoms with Crippen LogP contribution in [0.2, 0.25) is 0 Å². The Bertz CT molecular complexity index is 1040. The SMILES string of the molecule is O=C([C@H]1CCCO1)N1CC[C@@H](c2nc(Nc3ccccc3)cc(-c3cccnc3)n2)C1. The first-order valence-electron chi connectivity index (χ1n) is 10.8. The number of pyridine rings is 1. The molecule has 1 aromatic carbocycles. The lowest BCUT2D eigenvalue weighted by Crippen LogP contribution is -2.37. The lowest BCUT2D eigenvalue weighted by atomic mass is 10.1. The number of hydrogen-bond acceptors (Lipinski definition) is 6. The van der Waals surface area contributed by atoms with Gasteiger partial charge in [0.25, 0.3) is 5.91 Å². The van der Waals surface area contributed by atoms with E-state index >= 15 is 0 Å². The minimum atomic E-state index is -0.281. The molecule has 1 amide bonds. The molecular weight excluding hydrogens is 390 g/mol. The van der Waals surface area contributed by atoms with Crippen LogP contribution in [0, 0.1) is 0 Å². The van der Waals surface area contributed by atoms with Crippen LogP contribution in [0.1, 0.15) is 31.0 Å². The highest BCUT2D eigenvalue weighted by Gasteiger charge is 2.34. The van der Waals surface area contributed by atoms with E-state index in [2.05, 4.69) is 10.3 Å². The minimum Gasteiger partial charge on any atom is -0.368 e. The van der Waals surface area contributed by atoms with Crippen LogP contribution < -0.4 is 5.32 Å². The number of hydrogen-bond donors (Lipinski definition) is 1. The van der Waals surface area contributed by atoms with Gasteiger partial charge in [-0.2, -0.15) is 0 Å². The van der Waals surface area contributed by atoms with Gasteiger partial charge in [-0.3, -0.25) is 9.78 Å². The zero-order valence-corrected chi connectivity index (χ0v) is 17.3. The van der Waals surface area contributed by atoms with E-state index in [9.17, 15) is 4.79 Å². The second kappa shape index (κ2) is 8.81. The van der Waals surface area contributed by atoms with Gasteiger partial charge in [-0.15, -0.1) is 0 Å². The van der Waals surface area contributed by atoms with Crippen molar-refractivity contribution in [3.8, 4) is 11.3 Å². The molecule has 0 unspecified atom stereocenters. The van der Waals surface area contributed by atoms with Crippen LogP contribution >= 0.6 is 0 Å². The minimum absolute atomic E-state index is 0.0956. The van der Waals surface area contributed by atoms with Crippen LogP contribution in [-0.2, 0) is 9.53 Å². The molecule has 0 aliphatic carbocycles. The monoisotopic (exact) mass is 415 g/mol. The smallest absolute Gasteiger partial charge is 0.251 e. The Morgan fingerprint density at radius 2 is 2.00 bits per heavy atom. The first kappa shape index (κ1) is 19.6. The molecule has 0 spiro atoms. The molecule has 2 atom stereocenters. The van der Waals surface area contributed by atoms with Gasteiger partial charge in [-0.05, 0) is 43.5 Å². The van der Waals surface area contributed by atoms with E-state index < -0.39 is 0 Å². The largest absolute Gasteiger partial charge is 0.368 e. The van der Waals surface area contributed by atoms with Crippen molar-refractivity contribution in [1.82, 2.24) is 19.9 Å². The highest BCUT2D eigenvalue weighted by atomic mass is 16.5. The fraction of sp³-hybridized carbons (Fsp3) is 0.333. The standard InChI is InChI=1S/C24H25N5O2/c30-24(21-9-5-13-31-21)29-12-10-18(16-29)23-27-20(17-6-4-11-25-15-17)14-22(28-23)26-19-7-2-1-3-8-19/h1-4,6-8,11,14-15,18,21H,5,9-10,12-13,16H2,(H,26,27,28)/t18-,21-/m1/s1. The molecule has 7 heteroatoms. The van der Waals surface area contributed by atoms with Gasteiger partial charge in [0.05, 0.1) is 5.69 Å². The van der Waals surface area contributed by atoms with E-state index in [1.165, 1.54) is 0 Å². The van der Waals surface area contributed by atoms with Crippen LogP contribution in [0.4, 0.5) is 11.5 Å². The average Bonchev–Trinajstić information content (AvgIpc) is 3.52. The summed E-state index contributed by atoms with van der Waals surface area (Å²) < 4.78 is 5.59. The average molecular weight is 415 g/mol. The van der Waals surface area contributed by atoms with Gasteiger partial charge in [0, 0.05) is 55.3 Å². The second-order valence-electron chi connectivity index (χ2n) is 8.00. The quantitative estimate of drug-likeness (QED) is 0.683. The van der Waals surface area contributed by atoms with Gasteiger partial charge in [-0.25, -0.2) is 9.97 Å². The number of carbonyl (C=O) groups excluding carboxylic acids is 1. The fourth-order valence-corrected chi connectivity index (χ4v) is 4.19. The van der Waals surface area contributed by atoms with Crippen LogP contribution in [0.3, 0.4) is 0 Å². The summed E-state index contributed by atoms with van der Waals surface area (Å²) in [6.07, 6.45) is 5.90. The fourth-order valence-electron chi connectivity index (χ4n) is 4.19. The lowest BCUT2D eigenvalue weighted by molar-refractivity contribution is -0.139. The molecule has 158 valence electrons. The third-order valence-electron chi connectivity index (χ3n) is 5.82. The van der Waals surface area contributed by atoms with Crippen molar-refractivity contribution in [2.45, 2.75) is 31.3 Å². The summed E-state index contributed by atoms with van der Waals surface area (Å²) in [6, 6.07) is 15.8. The maximum absolute atomic E-state index is 12.8. The van der Waals surface area contributed by atoms with Crippen molar-refractivity contribution in [1.29, 1.82) is 0 Å². The normalized spacial score (nSPS) is 20.7. The summed E-state index contributed by atoms with van der Waals surface area (Å²) in [4.78, 5) is 28.6. The number of rotatable bonds is 5. The van der Waals surface area contributed by atoms with E-state index in [-0.39, 0.29) is 17.9 Å². The van der Waals surface area contributed by atoms with Gasteiger partial charge in [-0.1, -0.05) is 18.2 Å². The van der Waals surface area contributed by atoms with Crippen LogP contribution in [0.5, 0.6) is 0 Å². The van der Waals surface area contributed by atoms with Crippen molar-refractivity contribution < 1.29 is 9.53 Å². The third kappa shape index (κ3) is 4.41. The van der Waals surface area contributed by atoms with E-state index in [0.29, 0.717) is 19.7 Å². The number of carbonyl (C=O) groups is 1. The summed E-state index contributed by atoms with van der Waals surface area (Å²) in [7, 11) is 0. The molecule has 31 heavy (non-hydrogen) atoms. The number of nitrogens with one attached hydrogen (secondary N) is 1. The molecule has 0 radical (unpaired) electrons. The van der Waals surface area contributed by atoms with Gasteiger partial charge < -0.3 is 15.0 Å². The highest BCUT2D eigenvalue weighted by Crippen LogP contribution is 2.30. The zero-order valence-electron chi connectivity index (χ0n) is 17.3. The molecule has 4 heterocycles. The summed E-state index contributed by atoms with van der Waals surface area (Å²) >= 11 is 0. The number of ether oxygens (including phenoxy) is 1. The zero-order chi connectivity index (χ0) is 21.0. The summed E-state index contributed by atoms with van der Waals surface area (Å²) in [6.45, 7) is 2.02. The van der Waals surface area contributed by atoms with Crippen molar-refractivity contribution >= 4 is 17.4 Å². The Labute approximate surface area is 181 Å². The molecule has 7 nitrogen and oxygen atoms in total. The highest BCUT2D eigenvalue weighted by molar-refractivity contribution is 5.81. The predicted molar refractivity (Wildman–Crippen MR) is 118 cm³/mol. The molecule has 2 aliphatic heterocycles. The van der Waals surface area contributed by atoms with Gasteiger partial charge in [0.1, 0.15) is 17.7 Å². The topological polar surface area (TPSA) is 80.2 Å². The second-order valence-corrected chi connectivity index (χ2v) is 8.00. The molecule has 2 aromatic heterocycles. The molecule has 0 saturated carbocycles. The van der Waals surface area contributed by atoms with Crippen LogP contribution in [0.15, 0.2) is 60.9 Å². The van der Waals surface area contributed by atoms with E-state index in [1.807, 2.05) is 53.4 Å². The number of anilines is 2. The van der Waals surface area contributed by atoms with E-state index in [1.54, 1.807) is 12.4 Å². The van der Waals surface area contributed by atoms with E-state index in [4.69, 9.17) is 14.7 Å². The summed E-state index contributed by atoms with van der Waals surface area (Å²) in [5.41, 5.74) is 2.72. The number of likely N-dealkylation sites (tertiary alicyclic amines) is 1. The van der Waals surface area contributed by atoms with Crippen LogP contribution in [0.25, 0.3) is 11.3 Å². The van der Waals surface area contributed by atoms with Crippen LogP contribution in [-0.4, -0.2) is 51.6 Å². The van der Waals surface area contributed by atoms with Crippen molar-refractivity contribution in [3.05, 3.63) is 66.7 Å². The van der Waals surface area contributed by atoms with Gasteiger partial charge in [0.2, 0.25) is 0 Å².